The Balaban J connectivity index is 1.91. The standard InChI is InChI=1S/C20H39NO4SSi/c1-9-14-16-17(24-20(5,6)23-16)15(21-10-12-26-13-11-21)18(22-14)25-27(7,8)19(2,3)4/h14-18H,9-13H2,1-8H3/t14-,15-,16+,17?,18?/m1/s1. The summed E-state index contributed by atoms with van der Waals surface area (Å²) in [6.07, 6.45) is 0.639. The molecule has 7 heteroatoms. The van der Waals surface area contributed by atoms with E-state index in [9.17, 15) is 0 Å². The average Bonchev–Trinajstić information content (AvgIpc) is 2.88. The lowest BCUT2D eigenvalue weighted by Gasteiger charge is -2.50. The van der Waals surface area contributed by atoms with E-state index in [1.165, 1.54) is 0 Å². The predicted molar refractivity (Wildman–Crippen MR) is 114 cm³/mol. The second-order valence-corrected chi connectivity index (χ2v) is 16.0. The number of ether oxygens (including phenoxy) is 3. The van der Waals surface area contributed by atoms with Crippen LogP contribution < -0.4 is 0 Å². The monoisotopic (exact) mass is 417 g/mol. The number of rotatable bonds is 4. The van der Waals surface area contributed by atoms with E-state index in [-0.39, 0.29) is 35.7 Å². The molecule has 27 heavy (non-hydrogen) atoms. The number of thioether (sulfide) groups is 1. The van der Waals surface area contributed by atoms with Gasteiger partial charge in [0.25, 0.3) is 0 Å². The second kappa shape index (κ2) is 7.89. The molecular formula is C20H39NO4SSi. The van der Waals surface area contributed by atoms with Gasteiger partial charge in [0, 0.05) is 24.6 Å². The van der Waals surface area contributed by atoms with E-state index >= 15 is 0 Å². The molecule has 5 atom stereocenters. The highest BCUT2D eigenvalue weighted by Gasteiger charge is 2.57. The van der Waals surface area contributed by atoms with Crippen LogP contribution in [0.15, 0.2) is 0 Å². The summed E-state index contributed by atoms with van der Waals surface area (Å²) >= 11 is 2.02. The van der Waals surface area contributed by atoms with Crippen LogP contribution in [0.4, 0.5) is 0 Å². The number of hydrogen-bond donors (Lipinski definition) is 0. The summed E-state index contributed by atoms with van der Waals surface area (Å²) < 4.78 is 26.2. The lowest BCUT2D eigenvalue weighted by Crippen LogP contribution is -2.66. The minimum absolute atomic E-state index is 0.00318. The molecule has 3 heterocycles. The van der Waals surface area contributed by atoms with Crippen LogP contribution in [-0.4, -0.2) is 74.2 Å². The summed E-state index contributed by atoms with van der Waals surface area (Å²) in [5.74, 6) is 1.74. The van der Waals surface area contributed by atoms with Gasteiger partial charge in [-0.15, -0.1) is 0 Å². The Morgan fingerprint density at radius 1 is 1.11 bits per heavy atom. The van der Waals surface area contributed by atoms with Crippen LogP contribution in [0.3, 0.4) is 0 Å². The van der Waals surface area contributed by atoms with Crippen molar-refractivity contribution < 1.29 is 18.6 Å². The Morgan fingerprint density at radius 2 is 1.70 bits per heavy atom. The zero-order valence-electron chi connectivity index (χ0n) is 18.4. The van der Waals surface area contributed by atoms with Gasteiger partial charge in [0.05, 0.1) is 12.1 Å². The largest absolute Gasteiger partial charge is 0.391 e. The normalized spacial score (nSPS) is 38.0. The highest BCUT2D eigenvalue weighted by Crippen LogP contribution is 2.44. The SMILES string of the molecule is CC[C@H]1OC(O[Si](C)(C)C(C)(C)C)[C@H](N2CCSCC2)C2OC(C)(C)O[C@H]21. The van der Waals surface area contributed by atoms with Gasteiger partial charge in [0.1, 0.15) is 12.2 Å². The van der Waals surface area contributed by atoms with Crippen LogP contribution in [-0.2, 0) is 18.6 Å². The molecule has 3 aliphatic heterocycles. The molecule has 0 bridgehead atoms. The van der Waals surface area contributed by atoms with Crippen LogP contribution in [0.5, 0.6) is 0 Å². The topological polar surface area (TPSA) is 40.2 Å². The molecule has 0 amide bonds. The third-order valence-electron chi connectivity index (χ3n) is 6.54. The summed E-state index contributed by atoms with van der Waals surface area (Å²) in [5, 5.41) is 0.142. The van der Waals surface area contributed by atoms with Crippen molar-refractivity contribution in [2.24, 2.45) is 0 Å². The van der Waals surface area contributed by atoms with E-state index < -0.39 is 14.1 Å². The number of fused-ring (bicyclic) bond motifs is 1. The van der Waals surface area contributed by atoms with Gasteiger partial charge in [-0.3, -0.25) is 4.90 Å². The fourth-order valence-corrected chi connectivity index (χ4v) is 6.06. The first kappa shape index (κ1) is 22.1. The van der Waals surface area contributed by atoms with Gasteiger partial charge in [-0.05, 0) is 38.4 Å². The molecule has 0 radical (unpaired) electrons. The van der Waals surface area contributed by atoms with Crippen LogP contribution >= 0.6 is 11.8 Å². The third-order valence-corrected chi connectivity index (χ3v) is 11.9. The maximum Gasteiger partial charge on any atom is 0.195 e. The Kier molecular flexibility index (Phi) is 6.45. The van der Waals surface area contributed by atoms with Gasteiger partial charge in [-0.1, -0.05) is 27.7 Å². The highest BCUT2D eigenvalue weighted by molar-refractivity contribution is 7.99. The quantitative estimate of drug-likeness (QED) is 0.642. The van der Waals surface area contributed by atoms with Gasteiger partial charge in [0.15, 0.2) is 20.4 Å². The van der Waals surface area contributed by atoms with Crippen molar-refractivity contribution in [1.82, 2.24) is 4.90 Å². The first-order valence-electron chi connectivity index (χ1n) is 10.5. The molecule has 3 rings (SSSR count). The first-order chi connectivity index (χ1) is 12.5. The fourth-order valence-electron chi connectivity index (χ4n) is 4.00. The van der Waals surface area contributed by atoms with Gasteiger partial charge < -0.3 is 18.6 Å². The van der Waals surface area contributed by atoms with E-state index in [2.05, 4.69) is 45.7 Å². The third kappa shape index (κ3) is 4.60. The Bertz CT molecular complexity index is 519. The summed E-state index contributed by atoms with van der Waals surface area (Å²) in [6, 6.07) is 0.0922. The van der Waals surface area contributed by atoms with E-state index in [0.29, 0.717) is 0 Å². The van der Waals surface area contributed by atoms with E-state index in [4.69, 9.17) is 18.6 Å². The maximum atomic E-state index is 6.85. The summed E-state index contributed by atoms with van der Waals surface area (Å²) in [7, 11) is -1.97. The van der Waals surface area contributed by atoms with Crippen molar-refractivity contribution >= 4 is 20.1 Å². The Hall–Kier alpha value is 0.367. The molecule has 158 valence electrons. The molecule has 3 fully saturated rings. The van der Waals surface area contributed by atoms with Crippen molar-refractivity contribution in [2.45, 2.75) is 103 Å². The highest BCUT2D eigenvalue weighted by atomic mass is 32.2. The fraction of sp³-hybridized carbons (Fsp3) is 1.00. The molecule has 0 N–H and O–H groups in total. The molecule has 0 aliphatic carbocycles. The van der Waals surface area contributed by atoms with Crippen molar-refractivity contribution in [2.75, 3.05) is 24.6 Å². The lowest BCUT2D eigenvalue weighted by atomic mass is 9.94. The molecule has 0 aromatic rings. The molecule has 3 saturated heterocycles. The van der Waals surface area contributed by atoms with Crippen LogP contribution in [0.25, 0.3) is 0 Å². The number of nitrogens with zero attached hydrogens (tertiary/aromatic N) is 1. The second-order valence-electron chi connectivity index (χ2n) is 10.0. The van der Waals surface area contributed by atoms with Crippen LogP contribution in [0, 0.1) is 0 Å². The lowest BCUT2D eigenvalue weighted by molar-refractivity contribution is -0.236. The summed E-state index contributed by atoms with van der Waals surface area (Å²) in [6.45, 7) is 19.8. The molecule has 0 spiro atoms. The van der Waals surface area contributed by atoms with Crippen LogP contribution in [0.1, 0.15) is 48.0 Å². The minimum Gasteiger partial charge on any atom is -0.391 e. The molecule has 3 aliphatic rings. The average molecular weight is 418 g/mol. The molecule has 0 aromatic carbocycles. The molecule has 0 saturated carbocycles. The van der Waals surface area contributed by atoms with E-state index in [0.717, 1.165) is 31.0 Å². The van der Waals surface area contributed by atoms with Crippen molar-refractivity contribution in [1.29, 1.82) is 0 Å². The van der Waals surface area contributed by atoms with Crippen LogP contribution in [0.2, 0.25) is 18.1 Å². The molecular weight excluding hydrogens is 378 g/mol. The zero-order chi connectivity index (χ0) is 20.0. The number of hydrogen-bond acceptors (Lipinski definition) is 6. The van der Waals surface area contributed by atoms with Gasteiger partial charge in [-0.25, -0.2) is 0 Å². The zero-order valence-corrected chi connectivity index (χ0v) is 20.2. The van der Waals surface area contributed by atoms with Crippen molar-refractivity contribution in [3.63, 3.8) is 0 Å². The summed E-state index contributed by atoms with van der Waals surface area (Å²) in [4.78, 5) is 2.53. The van der Waals surface area contributed by atoms with Gasteiger partial charge in [0.2, 0.25) is 0 Å². The van der Waals surface area contributed by atoms with Gasteiger partial charge in [-0.2, -0.15) is 11.8 Å². The van der Waals surface area contributed by atoms with E-state index in [1.807, 2.05) is 25.6 Å². The summed E-state index contributed by atoms with van der Waals surface area (Å²) in [5.41, 5.74) is 0. The van der Waals surface area contributed by atoms with Crippen molar-refractivity contribution in [3.8, 4) is 0 Å². The Labute approximate surface area is 170 Å². The predicted octanol–water partition coefficient (Wildman–Crippen LogP) is 4.08. The smallest absolute Gasteiger partial charge is 0.195 e. The van der Waals surface area contributed by atoms with E-state index in [1.54, 1.807) is 0 Å². The molecule has 2 unspecified atom stereocenters. The molecule has 0 aromatic heterocycles. The first-order valence-corrected chi connectivity index (χ1v) is 14.5. The maximum absolute atomic E-state index is 6.85. The van der Waals surface area contributed by atoms with Gasteiger partial charge >= 0.3 is 0 Å². The minimum atomic E-state index is -1.97. The Morgan fingerprint density at radius 3 is 2.26 bits per heavy atom. The van der Waals surface area contributed by atoms with Crippen molar-refractivity contribution in [3.05, 3.63) is 0 Å². The molecule has 5 nitrogen and oxygen atoms in total.